The lowest BCUT2D eigenvalue weighted by Crippen LogP contribution is -1.96. The summed E-state index contributed by atoms with van der Waals surface area (Å²) >= 11 is 0. The van der Waals surface area contributed by atoms with Crippen molar-refractivity contribution >= 4 is 11.3 Å². The molecule has 0 spiro atoms. The van der Waals surface area contributed by atoms with Crippen molar-refractivity contribution in [3.63, 3.8) is 0 Å². The summed E-state index contributed by atoms with van der Waals surface area (Å²) < 4.78 is 5.50. The van der Waals surface area contributed by atoms with Crippen molar-refractivity contribution in [1.29, 1.82) is 0 Å². The third kappa shape index (κ3) is 1.44. The Morgan fingerprint density at radius 2 is 1.94 bits per heavy atom. The first-order valence-corrected chi connectivity index (χ1v) is 6.12. The van der Waals surface area contributed by atoms with E-state index in [0.29, 0.717) is 0 Å². The number of furan rings is 1. The van der Waals surface area contributed by atoms with E-state index in [1.54, 1.807) is 6.26 Å². The number of nitrogens with zero attached hydrogens (tertiary/aromatic N) is 1. The van der Waals surface area contributed by atoms with Gasteiger partial charge in [-0.05, 0) is 31.1 Å². The molecule has 17 heavy (non-hydrogen) atoms. The molecule has 0 unspecified atom stereocenters. The zero-order valence-corrected chi connectivity index (χ0v) is 10.2. The summed E-state index contributed by atoms with van der Waals surface area (Å²) in [5, 5.41) is 0. The van der Waals surface area contributed by atoms with Crippen molar-refractivity contribution in [2.24, 2.45) is 4.99 Å². The lowest BCUT2D eigenvalue weighted by atomic mass is 9.97. The molecule has 0 saturated heterocycles. The van der Waals surface area contributed by atoms with Gasteiger partial charge in [0.2, 0.25) is 0 Å². The third-order valence-corrected chi connectivity index (χ3v) is 3.28. The molecule has 2 aliphatic rings. The predicted molar refractivity (Wildman–Crippen MR) is 69.8 cm³/mol. The van der Waals surface area contributed by atoms with Crippen molar-refractivity contribution in [2.75, 3.05) is 0 Å². The smallest absolute Gasteiger partial charge is 0.134 e. The zero-order chi connectivity index (χ0) is 11.8. The molecule has 1 aromatic heterocycles. The highest BCUT2D eigenvalue weighted by Crippen LogP contribution is 2.42. The van der Waals surface area contributed by atoms with Crippen LogP contribution in [0.1, 0.15) is 32.4 Å². The Bertz CT molecular complexity index is 568. The fourth-order valence-corrected chi connectivity index (χ4v) is 2.47. The Kier molecular flexibility index (Phi) is 2.36. The molecular weight excluding hydrogens is 210 g/mol. The first-order valence-electron chi connectivity index (χ1n) is 6.12. The zero-order valence-electron chi connectivity index (χ0n) is 10.2. The normalized spacial score (nSPS) is 18.1. The van der Waals surface area contributed by atoms with Crippen LogP contribution in [0.4, 0.5) is 0 Å². The Morgan fingerprint density at radius 3 is 2.59 bits per heavy atom. The van der Waals surface area contributed by atoms with Crippen molar-refractivity contribution in [1.82, 2.24) is 0 Å². The summed E-state index contributed by atoms with van der Waals surface area (Å²) in [5.41, 5.74) is 6.13. The first-order chi connectivity index (χ1) is 8.35. The summed E-state index contributed by atoms with van der Waals surface area (Å²) in [5.74, 6) is 0.935. The van der Waals surface area contributed by atoms with E-state index in [4.69, 9.17) is 9.41 Å². The lowest BCUT2D eigenvalue weighted by Gasteiger charge is -2.05. The highest BCUT2D eigenvalue weighted by atomic mass is 16.3. The van der Waals surface area contributed by atoms with Gasteiger partial charge >= 0.3 is 0 Å². The van der Waals surface area contributed by atoms with Gasteiger partial charge in [-0.1, -0.05) is 19.9 Å². The lowest BCUT2D eigenvalue weighted by molar-refractivity contribution is 0.553. The van der Waals surface area contributed by atoms with E-state index in [1.807, 2.05) is 12.1 Å². The van der Waals surface area contributed by atoms with Crippen LogP contribution < -0.4 is 0 Å². The van der Waals surface area contributed by atoms with Crippen molar-refractivity contribution in [3.05, 3.63) is 53.2 Å². The van der Waals surface area contributed by atoms with Crippen LogP contribution >= 0.6 is 0 Å². The van der Waals surface area contributed by atoms with E-state index in [-0.39, 0.29) is 0 Å². The summed E-state index contributed by atoms with van der Waals surface area (Å²) in [4.78, 5) is 4.72. The van der Waals surface area contributed by atoms with Crippen LogP contribution in [0.15, 0.2) is 56.8 Å². The number of hydrogen-bond donors (Lipinski definition) is 0. The average Bonchev–Trinajstić information content (AvgIpc) is 3.04. The number of allylic oxidation sites excluding steroid dienone is 6. The molecule has 86 valence electrons. The predicted octanol–water partition coefficient (Wildman–Crippen LogP) is 4.13. The number of rotatable bonds is 3. The van der Waals surface area contributed by atoms with Crippen LogP contribution in [0.25, 0.3) is 5.57 Å². The van der Waals surface area contributed by atoms with Crippen molar-refractivity contribution in [3.8, 4) is 0 Å². The van der Waals surface area contributed by atoms with Crippen LogP contribution in [0, 0.1) is 0 Å². The molecule has 0 radical (unpaired) electrons. The molecule has 0 amide bonds. The van der Waals surface area contributed by atoms with Gasteiger partial charge in [0.1, 0.15) is 5.76 Å². The number of hydrogen-bond acceptors (Lipinski definition) is 2. The maximum Gasteiger partial charge on any atom is 0.134 e. The topological polar surface area (TPSA) is 25.5 Å². The van der Waals surface area contributed by atoms with Crippen molar-refractivity contribution < 1.29 is 4.42 Å². The van der Waals surface area contributed by atoms with Gasteiger partial charge in [0.15, 0.2) is 0 Å². The Labute approximate surface area is 101 Å². The molecule has 1 aromatic rings. The molecule has 0 bridgehead atoms. The maximum absolute atomic E-state index is 5.50. The molecule has 0 saturated carbocycles. The Hall–Kier alpha value is -1.83. The van der Waals surface area contributed by atoms with E-state index in [1.165, 1.54) is 28.1 Å². The standard InChI is InChI=1S/C15H15NO/c1-3-12-10-7-8-11(14-6-5-9-17-14)15(10)13(4-2)16-12/h5-9H,3-4H2,1-2H3. The number of fused-ring (bicyclic) bond motifs is 1. The van der Waals surface area contributed by atoms with E-state index in [0.717, 1.165) is 18.6 Å². The van der Waals surface area contributed by atoms with Gasteiger partial charge in [-0.2, -0.15) is 0 Å². The second-order valence-corrected chi connectivity index (χ2v) is 4.23. The summed E-state index contributed by atoms with van der Waals surface area (Å²) in [7, 11) is 0. The molecule has 2 nitrogen and oxygen atoms in total. The molecule has 0 fully saturated rings. The minimum absolute atomic E-state index is 0.935. The molecule has 0 atom stereocenters. The van der Waals surface area contributed by atoms with Gasteiger partial charge in [-0.3, -0.25) is 4.99 Å². The van der Waals surface area contributed by atoms with Gasteiger partial charge in [0, 0.05) is 28.1 Å². The third-order valence-electron chi connectivity index (χ3n) is 3.28. The van der Waals surface area contributed by atoms with Crippen LogP contribution in [0.3, 0.4) is 0 Å². The van der Waals surface area contributed by atoms with Gasteiger partial charge in [0.05, 0.1) is 6.26 Å². The van der Waals surface area contributed by atoms with Crippen LogP contribution in [-0.2, 0) is 0 Å². The second-order valence-electron chi connectivity index (χ2n) is 4.23. The van der Waals surface area contributed by atoms with Crippen molar-refractivity contribution in [2.45, 2.75) is 26.7 Å². The summed E-state index contributed by atoms with van der Waals surface area (Å²) in [6, 6.07) is 3.93. The molecular formula is C15H15NO. The van der Waals surface area contributed by atoms with E-state index >= 15 is 0 Å². The van der Waals surface area contributed by atoms with Gasteiger partial charge in [-0.15, -0.1) is 0 Å². The minimum Gasteiger partial charge on any atom is -0.464 e. The fraction of sp³-hybridized carbons (Fsp3) is 0.267. The fourth-order valence-electron chi connectivity index (χ4n) is 2.47. The van der Waals surface area contributed by atoms with Gasteiger partial charge in [-0.25, -0.2) is 0 Å². The molecule has 1 aliphatic carbocycles. The molecule has 3 rings (SSSR count). The molecule has 2 heterocycles. The summed E-state index contributed by atoms with van der Waals surface area (Å²) in [6.07, 6.45) is 7.98. The van der Waals surface area contributed by atoms with E-state index in [9.17, 15) is 0 Å². The minimum atomic E-state index is 0.935. The summed E-state index contributed by atoms with van der Waals surface area (Å²) in [6.45, 7) is 4.31. The molecule has 0 aromatic carbocycles. The Morgan fingerprint density at radius 1 is 1.12 bits per heavy atom. The maximum atomic E-state index is 5.50. The largest absolute Gasteiger partial charge is 0.464 e. The Balaban J connectivity index is 2.06. The molecule has 1 aliphatic heterocycles. The molecule has 2 heteroatoms. The van der Waals surface area contributed by atoms with Crippen LogP contribution in [-0.4, -0.2) is 5.71 Å². The number of aliphatic imine (C=N–C) groups is 1. The highest BCUT2D eigenvalue weighted by Gasteiger charge is 2.29. The van der Waals surface area contributed by atoms with E-state index in [2.05, 4.69) is 26.0 Å². The second kappa shape index (κ2) is 3.88. The SMILES string of the molecule is CCC1=NC(CC)=C2C1=CC=C2c1ccco1. The van der Waals surface area contributed by atoms with E-state index < -0.39 is 0 Å². The van der Waals surface area contributed by atoms with Gasteiger partial charge in [0.25, 0.3) is 0 Å². The quantitative estimate of drug-likeness (QED) is 0.759. The highest BCUT2D eigenvalue weighted by molar-refractivity contribution is 6.14. The first kappa shape index (κ1) is 10.3. The average molecular weight is 225 g/mol. The van der Waals surface area contributed by atoms with Gasteiger partial charge < -0.3 is 4.42 Å². The van der Waals surface area contributed by atoms with Crippen LogP contribution in [0.5, 0.6) is 0 Å². The molecule has 0 N–H and O–H groups in total. The monoisotopic (exact) mass is 225 g/mol. The van der Waals surface area contributed by atoms with Crippen LogP contribution in [0.2, 0.25) is 0 Å².